The Balaban J connectivity index is 1.51. The van der Waals surface area contributed by atoms with Crippen LogP contribution in [0.2, 0.25) is 0 Å². The second-order valence-electron chi connectivity index (χ2n) is 7.47. The number of rotatable bonds is 6. The van der Waals surface area contributed by atoms with Gasteiger partial charge in [-0.15, -0.1) is 0 Å². The van der Waals surface area contributed by atoms with Gasteiger partial charge in [-0.25, -0.2) is 12.8 Å². The Morgan fingerprint density at radius 1 is 1.33 bits per heavy atom. The van der Waals surface area contributed by atoms with Crippen LogP contribution in [0.1, 0.15) is 31.7 Å². The first-order chi connectivity index (χ1) is 11.3. The molecule has 0 aromatic heterocycles. The van der Waals surface area contributed by atoms with Crippen LogP contribution in [0.5, 0.6) is 0 Å². The molecule has 2 fully saturated rings. The summed E-state index contributed by atoms with van der Waals surface area (Å²) in [6.07, 6.45) is 4.73. The van der Waals surface area contributed by atoms with Gasteiger partial charge in [0.05, 0.1) is 18.1 Å². The molecule has 1 aromatic carbocycles. The van der Waals surface area contributed by atoms with Crippen molar-refractivity contribution in [3.63, 3.8) is 0 Å². The molecule has 0 radical (unpaired) electrons. The van der Waals surface area contributed by atoms with Crippen LogP contribution in [-0.2, 0) is 21.2 Å². The maximum Gasteiger partial charge on any atom is 0.175 e. The molecule has 0 amide bonds. The first-order valence-electron chi connectivity index (χ1n) is 8.57. The maximum atomic E-state index is 14.0. The van der Waals surface area contributed by atoms with Crippen LogP contribution in [0.4, 0.5) is 4.39 Å². The van der Waals surface area contributed by atoms with E-state index in [0.29, 0.717) is 23.5 Å². The minimum absolute atomic E-state index is 0.00410. The van der Waals surface area contributed by atoms with Gasteiger partial charge < -0.3 is 10.1 Å². The number of piperidine rings is 1. The van der Waals surface area contributed by atoms with Gasteiger partial charge in [0.1, 0.15) is 5.82 Å². The van der Waals surface area contributed by atoms with Gasteiger partial charge in [0, 0.05) is 11.8 Å². The van der Waals surface area contributed by atoms with Crippen molar-refractivity contribution in [3.8, 4) is 0 Å². The summed E-state index contributed by atoms with van der Waals surface area (Å²) in [5.41, 5.74) is 0.785. The van der Waals surface area contributed by atoms with Crippen molar-refractivity contribution in [1.29, 1.82) is 0 Å². The number of hydrogen-bond acceptors (Lipinski definition) is 4. The molecule has 1 saturated carbocycles. The van der Waals surface area contributed by atoms with Gasteiger partial charge in [-0.1, -0.05) is 13.0 Å². The SMILES string of the molecule is C[C@]1(C2CCNCC2)C[C@H]1COCc1ccc(S(C)(=O)=O)cc1F. The van der Waals surface area contributed by atoms with E-state index in [1.165, 1.54) is 31.4 Å². The molecule has 3 rings (SSSR count). The van der Waals surface area contributed by atoms with Crippen molar-refractivity contribution in [2.24, 2.45) is 17.3 Å². The van der Waals surface area contributed by atoms with Crippen molar-refractivity contribution >= 4 is 9.84 Å². The number of halogens is 1. The first-order valence-corrected chi connectivity index (χ1v) is 10.5. The van der Waals surface area contributed by atoms with E-state index in [1.807, 2.05) is 0 Å². The molecule has 2 atom stereocenters. The van der Waals surface area contributed by atoms with Crippen LogP contribution < -0.4 is 5.32 Å². The zero-order valence-corrected chi connectivity index (χ0v) is 15.2. The second-order valence-corrected chi connectivity index (χ2v) is 9.49. The molecule has 0 spiro atoms. The van der Waals surface area contributed by atoms with E-state index in [0.717, 1.165) is 31.3 Å². The lowest BCUT2D eigenvalue weighted by molar-refractivity contribution is 0.0905. The third kappa shape index (κ3) is 3.81. The normalized spacial score (nSPS) is 28.0. The predicted molar refractivity (Wildman–Crippen MR) is 91.0 cm³/mol. The number of ether oxygens (including phenoxy) is 1. The topological polar surface area (TPSA) is 55.4 Å². The fourth-order valence-electron chi connectivity index (χ4n) is 3.89. The third-order valence-corrected chi connectivity index (χ3v) is 6.87. The molecule has 0 unspecified atom stereocenters. The molecule has 24 heavy (non-hydrogen) atoms. The molecular formula is C18H26FNO3S. The number of benzene rings is 1. The quantitative estimate of drug-likeness (QED) is 0.852. The minimum Gasteiger partial charge on any atom is -0.376 e. The van der Waals surface area contributed by atoms with Gasteiger partial charge >= 0.3 is 0 Å². The number of sulfone groups is 1. The average Bonchev–Trinajstić information content (AvgIpc) is 3.21. The van der Waals surface area contributed by atoms with Crippen molar-refractivity contribution in [1.82, 2.24) is 5.32 Å². The molecule has 1 aromatic rings. The number of hydrogen-bond donors (Lipinski definition) is 1. The standard InChI is InChI=1S/C18H26FNO3S/c1-18(14-5-7-20-8-6-14)10-15(18)12-23-11-13-3-4-16(9-17(13)19)24(2,21)22/h3-4,9,14-15,20H,5-8,10-12H2,1-2H3/t15-,18+/m0/s1. The number of nitrogens with one attached hydrogen (secondary N) is 1. The predicted octanol–water partition coefficient (Wildman–Crippen LogP) is 2.77. The molecular weight excluding hydrogens is 329 g/mol. The van der Waals surface area contributed by atoms with Crippen molar-refractivity contribution in [2.45, 2.75) is 37.7 Å². The molecule has 1 aliphatic carbocycles. The highest BCUT2D eigenvalue weighted by Gasteiger charge is 2.54. The van der Waals surface area contributed by atoms with Gasteiger partial charge in [-0.2, -0.15) is 0 Å². The van der Waals surface area contributed by atoms with Crippen LogP contribution in [-0.4, -0.2) is 34.4 Å². The Morgan fingerprint density at radius 3 is 2.67 bits per heavy atom. The third-order valence-electron chi connectivity index (χ3n) is 5.76. The van der Waals surface area contributed by atoms with E-state index < -0.39 is 15.7 Å². The van der Waals surface area contributed by atoms with Crippen molar-refractivity contribution in [2.75, 3.05) is 26.0 Å². The van der Waals surface area contributed by atoms with Crippen molar-refractivity contribution < 1.29 is 17.5 Å². The van der Waals surface area contributed by atoms with E-state index in [-0.39, 0.29) is 11.5 Å². The van der Waals surface area contributed by atoms with E-state index in [1.54, 1.807) is 0 Å². The molecule has 1 heterocycles. The molecule has 1 N–H and O–H groups in total. The molecule has 6 heteroatoms. The zero-order valence-electron chi connectivity index (χ0n) is 14.3. The molecule has 0 bridgehead atoms. The molecule has 1 aliphatic heterocycles. The molecule has 4 nitrogen and oxygen atoms in total. The summed E-state index contributed by atoms with van der Waals surface area (Å²) in [7, 11) is -3.38. The van der Waals surface area contributed by atoms with Gasteiger partial charge in [0.15, 0.2) is 9.84 Å². The highest BCUT2D eigenvalue weighted by Crippen LogP contribution is 2.59. The Bertz CT molecular complexity index is 700. The molecule has 1 saturated heterocycles. The van der Waals surface area contributed by atoms with Gasteiger partial charge in [0.25, 0.3) is 0 Å². The minimum atomic E-state index is -3.38. The monoisotopic (exact) mass is 355 g/mol. The Kier molecular flexibility index (Phi) is 5.00. The van der Waals surface area contributed by atoms with E-state index in [4.69, 9.17) is 4.74 Å². The van der Waals surface area contributed by atoms with E-state index in [2.05, 4.69) is 12.2 Å². The lowest BCUT2D eigenvalue weighted by Crippen LogP contribution is -2.32. The van der Waals surface area contributed by atoms with Crippen LogP contribution in [0.25, 0.3) is 0 Å². The van der Waals surface area contributed by atoms with Crippen LogP contribution >= 0.6 is 0 Å². The molecule has 134 valence electrons. The fourth-order valence-corrected chi connectivity index (χ4v) is 4.52. The summed E-state index contributed by atoms with van der Waals surface area (Å²) in [6, 6.07) is 4.02. The second kappa shape index (κ2) is 6.73. The Hall–Kier alpha value is -0.980. The molecule has 2 aliphatic rings. The van der Waals surface area contributed by atoms with E-state index >= 15 is 0 Å². The summed E-state index contributed by atoms with van der Waals surface area (Å²) in [5, 5.41) is 3.40. The Morgan fingerprint density at radius 2 is 2.04 bits per heavy atom. The summed E-state index contributed by atoms with van der Waals surface area (Å²) in [5.74, 6) is 0.798. The zero-order chi connectivity index (χ0) is 17.4. The highest BCUT2D eigenvalue weighted by atomic mass is 32.2. The lowest BCUT2D eigenvalue weighted by Gasteiger charge is -2.29. The maximum absolute atomic E-state index is 14.0. The summed E-state index contributed by atoms with van der Waals surface area (Å²) < 4.78 is 42.6. The van der Waals surface area contributed by atoms with Gasteiger partial charge in [0.2, 0.25) is 0 Å². The van der Waals surface area contributed by atoms with Crippen LogP contribution in [0.3, 0.4) is 0 Å². The first kappa shape index (κ1) is 17.8. The summed E-state index contributed by atoms with van der Waals surface area (Å²) >= 11 is 0. The largest absolute Gasteiger partial charge is 0.376 e. The average molecular weight is 355 g/mol. The van der Waals surface area contributed by atoms with Gasteiger partial charge in [-0.3, -0.25) is 0 Å². The van der Waals surface area contributed by atoms with Crippen LogP contribution in [0.15, 0.2) is 23.1 Å². The summed E-state index contributed by atoms with van der Waals surface area (Å²) in [4.78, 5) is 0.00410. The smallest absolute Gasteiger partial charge is 0.175 e. The fraction of sp³-hybridized carbons (Fsp3) is 0.667. The van der Waals surface area contributed by atoms with E-state index in [9.17, 15) is 12.8 Å². The highest BCUT2D eigenvalue weighted by molar-refractivity contribution is 7.90. The van der Waals surface area contributed by atoms with Crippen LogP contribution in [0, 0.1) is 23.1 Å². The lowest BCUT2D eigenvalue weighted by atomic mass is 9.82. The Labute approximate surface area is 143 Å². The van der Waals surface area contributed by atoms with Crippen molar-refractivity contribution in [3.05, 3.63) is 29.6 Å². The van der Waals surface area contributed by atoms with Gasteiger partial charge in [-0.05, 0) is 61.7 Å². The summed E-state index contributed by atoms with van der Waals surface area (Å²) in [6.45, 7) is 5.39.